The second-order valence-corrected chi connectivity index (χ2v) is 6.29. The van der Waals surface area contributed by atoms with Crippen molar-refractivity contribution in [2.24, 2.45) is 5.92 Å². The molecule has 4 heterocycles. The molecule has 0 N–H and O–H groups in total. The molecule has 1 aromatic rings. The number of amides is 1. The molecule has 1 amide bonds. The Hall–Kier alpha value is -1.73. The highest BCUT2D eigenvalue weighted by Gasteiger charge is 2.32. The number of fused-ring (bicyclic) bond motifs is 1. The topological polar surface area (TPSA) is 67.8 Å². The largest absolute Gasteiger partial charge is 0.381 e. The van der Waals surface area contributed by atoms with Gasteiger partial charge < -0.3 is 19.3 Å². The number of carbonyl (C=O) groups is 1. The molecular weight excluding hydrogens is 296 g/mol. The first-order chi connectivity index (χ1) is 11.3. The van der Waals surface area contributed by atoms with Gasteiger partial charge in [0.2, 0.25) is 5.91 Å². The highest BCUT2D eigenvalue weighted by molar-refractivity contribution is 5.79. The fourth-order valence-electron chi connectivity index (χ4n) is 3.56. The number of anilines is 1. The number of hydrogen-bond donors (Lipinski definition) is 0. The molecule has 124 valence electrons. The van der Waals surface area contributed by atoms with Crippen molar-refractivity contribution < 1.29 is 14.3 Å². The smallest absolute Gasteiger partial charge is 0.228 e. The summed E-state index contributed by atoms with van der Waals surface area (Å²) in [7, 11) is 0. The molecule has 7 nitrogen and oxygen atoms in total. The van der Waals surface area contributed by atoms with Crippen LogP contribution >= 0.6 is 0 Å². The van der Waals surface area contributed by atoms with Crippen LogP contribution in [0, 0.1) is 5.92 Å². The summed E-state index contributed by atoms with van der Waals surface area (Å²) in [5.74, 6) is 1.26. The maximum atomic E-state index is 12.6. The van der Waals surface area contributed by atoms with Gasteiger partial charge in [0, 0.05) is 31.8 Å². The van der Waals surface area contributed by atoms with Crippen LogP contribution in [0.15, 0.2) is 6.33 Å². The van der Waals surface area contributed by atoms with Crippen LogP contribution in [0.2, 0.25) is 0 Å². The molecule has 1 atom stereocenters. The van der Waals surface area contributed by atoms with Crippen LogP contribution in [0.3, 0.4) is 0 Å². The van der Waals surface area contributed by atoms with Crippen molar-refractivity contribution in [2.45, 2.75) is 19.4 Å². The van der Waals surface area contributed by atoms with E-state index >= 15 is 0 Å². The van der Waals surface area contributed by atoms with E-state index in [4.69, 9.17) is 9.47 Å². The average Bonchev–Trinajstić information content (AvgIpc) is 3.15. The highest BCUT2D eigenvalue weighted by atomic mass is 16.5. The molecule has 0 spiro atoms. The fraction of sp³-hybridized carbons (Fsp3) is 0.688. The van der Waals surface area contributed by atoms with Crippen molar-refractivity contribution in [3.8, 4) is 0 Å². The van der Waals surface area contributed by atoms with Crippen molar-refractivity contribution in [1.29, 1.82) is 0 Å². The second-order valence-electron chi connectivity index (χ2n) is 6.29. The summed E-state index contributed by atoms with van der Waals surface area (Å²) in [6.45, 7) is 5.81. The third kappa shape index (κ3) is 2.90. The number of morpholine rings is 1. The van der Waals surface area contributed by atoms with Crippen LogP contribution in [-0.4, -0.2) is 66.8 Å². The fourth-order valence-corrected chi connectivity index (χ4v) is 3.56. The SMILES string of the molecule is O=C(C1CCOC1)N1CCc2c(ncnc2N2CCOCC2)C1. The molecule has 7 heteroatoms. The first kappa shape index (κ1) is 14.8. The lowest BCUT2D eigenvalue weighted by molar-refractivity contribution is -0.136. The predicted molar refractivity (Wildman–Crippen MR) is 83.1 cm³/mol. The van der Waals surface area contributed by atoms with Gasteiger partial charge in [-0.1, -0.05) is 0 Å². The zero-order valence-corrected chi connectivity index (χ0v) is 13.2. The summed E-state index contributed by atoms with van der Waals surface area (Å²) in [6, 6.07) is 0. The normalized spacial score (nSPS) is 24.6. The summed E-state index contributed by atoms with van der Waals surface area (Å²) in [5.41, 5.74) is 2.18. The van der Waals surface area contributed by atoms with Gasteiger partial charge in [-0.05, 0) is 12.8 Å². The Balaban J connectivity index is 1.52. The highest BCUT2D eigenvalue weighted by Crippen LogP contribution is 2.27. The number of aromatic nitrogens is 2. The molecule has 2 fully saturated rings. The van der Waals surface area contributed by atoms with E-state index in [1.54, 1.807) is 6.33 Å². The lowest BCUT2D eigenvalue weighted by Crippen LogP contribution is -2.42. The maximum absolute atomic E-state index is 12.6. The van der Waals surface area contributed by atoms with Crippen LogP contribution in [0.25, 0.3) is 0 Å². The first-order valence-corrected chi connectivity index (χ1v) is 8.35. The molecule has 0 saturated carbocycles. The van der Waals surface area contributed by atoms with Crippen molar-refractivity contribution in [1.82, 2.24) is 14.9 Å². The third-order valence-electron chi connectivity index (χ3n) is 4.89. The van der Waals surface area contributed by atoms with Gasteiger partial charge in [-0.25, -0.2) is 9.97 Å². The number of rotatable bonds is 2. The van der Waals surface area contributed by atoms with E-state index in [1.807, 2.05) is 4.90 Å². The molecule has 0 aromatic carbocycles. The van der Waals surface area contributed by atoms with Crippen LogP contribution in [0.1, 0.15) is 17.7 Å². The van der Waals surface area contributed by atoms with Crippen molar-refractivity contribution in [3.63, 3.8) is 0 Å². The Morgan fingerprint density at radius 1 is 1.13 bits per heavy atom. The lowest BCUT2D eigenvalue weighted by atomic mass is 10.0. The van der Waals surface area contributed by atoms with E-state index in [2.05, 4.69) is 14.9 Å². The summed E-state index contributed by atoms with van der Waals surface area (Å²) in [5, 5.41) is 0. The average molecular weight is 318 g/mol. The quantitative estimate of drug-likeness (QED) is 0.778. The van der Waals surface area contributed by atoms with Crippen LogP contribution in [0.5, 0.6) is 0 Å². The van der Waals surface area contributed by atoms with Gasteiger partial charge in [0.25, 0.3) is 0 Å². The minimum Gasteiger partial charge on any atom is -0.381 e. The van der Waals surface area contributed by atoms with Gasteiger partial charge in [-0.3, -0.25) is 4.79 Å². The van der Waals surface area contributed by atoms with E-state index in [0.717, 1.165) is 57.2 Å². The Kier molecular flexibility index (Phi) is 4.13. The van der Waals surface area contributed by atoms with Crippen LogP contribution < -0.4 is 4.90 Å². The zero-order valence-electron chi connectivity index (χ0n) is 13.2. The lowest BCUT2D eigenvalue weighted by Gasteiger charge is -2.34. The Bertz CT molecular complexity index is 583. The van der Waals surface area contributed by atoms with Crippen molar-refractivity contribution >= 4 is 11.7 Å². The number of nitrogens with zero attached hydrogens (tertiary/aromatic N) is 4. The van der Waals surface area contributed by atoms with Gasteiger partial charge in [-0.15, -0.1) is 0 Å². The van der Waals surface area contributed by atoms with Gasteiger partial charge in [-0.2, -0.15) is 0 Å². The first-order valence-electron chi connectivity index (χ1n) is 8.35. The van der Waals surface area contributed by atoms with E-state index in [9.17, 15) is 4.79 Å². The summed E-state index contributed by atoms with van der Waals surface area (Å²) >= 11 is 0. The molecule has 1 aromatic heterocycles. The molecule has 3 aliphatic heterocycles. The Labute approximate surface area is 135 Å². The number of carbonyl (C=O) groups excluding carboxylic acids is 1. The minimum absolute atomic E-state index is 0.0251. The van der Waals surface area contributed by atoms with Gasteiger partial charge in [0.05, 0.1) is 38.0 Å². The number of ether oxygens (including phenoxy) is 2. The number of hydrogen-bond acceptors (Lipinski definition) is 6. The van der Waals surface area contributed by atoms with Crippen LogP contribution in [0.4, 0.5) is 5.82 Å². The second kappa shape index (κ2) is 6.41. The zero-order chi connectivity index (χ0) is 15.6. The molecule has 2 saturated heterocycles. The van der Waals surface area contributed by atoms with Gasteiger partial charge >= 0.3 is 0 Å². The molecular formula is C16H22N4O3. The predicted octanol–water partition coefficient (Wildman–Crippen LogP) is 0.234. The van der Waals surface area contributed by atoms with E-state index in [1.165, 1.54) is 5.56 Å². The molecule has 1 unspecified atom stereocenters. The Morgan fingerprint density at radius 2 is 2.00 bits per heavy atom. The molecule has 4 rings (SSSR count). The summed E-state index contributed by atoms with van der Waals surface area (Å²) in [4.78, 5) is 25.7. The minimum atomic E-state index is 0.0251. The maximum Gasteiger partial charge on any atom is 0.228 e. The summed E-state index contributed by atoms with van der Waals surface area (Å²) in [6.07, 6.45) is 3.28. The monoisotopic (exact) mass is 318 g/mol. The van der Waals surface area contributed by atoms with Gasteiger partial charge in [0.15, 0.2) is 0 Å². The molecule has 0 aliphatic carbocycles. The Morgan fingerprint density at radius 3 is 2.78 bits per heavy atom. The van der Waals surface area contributed by atoms with E-state index < -0.39 is 0 Å². The van der Waals surface area contributed by atoms with Crippen LogP contribution in [-0.2, 0) is 27.2 Å². The van der Waals surface area contributed by atoms with E-state index in [-0.39, 0.29) is 11.8 Å². The molecule has 23 heavy (non-hydrogen) atoms. The van der Waals surface area contributed by atoms with E-state index in [0.29, 0.717) is 19.8 Å². The van der Waals surface area contributed by atoms with Crippen molar-refractivity contribution in [2.75, 3.05) is 51.0 Å². The molecule has 3 aliphatic rings. The molecule has 0 bridgehead atoms. The van der Waals surface area contributed by atoms with Crippen molar-refractivity contribution in [3.05, 3.63) is 17.6 Å². The standard InChI is InChI=1S/C16H22N4O3/c21-16(12-2-6-23-10-12)20-3-1-13-14(9-20)17-11-18-15(13)19-4-7-22-8-5-19/h11-12H,1-10H2. The summed E-state index contributed by atoms with van der Waals surface area (Å²) < 4.78 is 10.8. The van der Waals surface area contributed by atoms with Gasteiger partial charge in [0.1, 0.15) is 12.1 Å². The molecule has 0 radical (unpaired) electrons. The third-order valence-corrected chi connectivity index (χ3v) is 4.89.